The van der Waals surface area contributed by atoms with Crippen LogP contribution in [-0.4, -0.2) is 4.98 Å². The van der Waals surface area contributed by atoms with E-state index in [1.807, 2.05) is 30.9 Å². The van der Waals surface area contributed by atoms with Crippen LogP contribution in [-0.2, 0) is 7.05 Å². The molecule has 0 aliphatic heterocycles. The summed E-state index contributed by atoms with van der Waals surface area (Å²) in [5, 5.41) is 1.10. The van der Waals surface area contributed by atoms with Gasteiger partial charge in [-0.15, -0.1) is 0 Å². The monoisotopic (exact) mass is 295 g/mol. The van der Waals surface area contributed by atoms with Crippen LogP contribution in [0.1, 0.15) is 30.9 Å². The Morgan fingerprint density at radius 2 is 1.86 bits per heavy atom. The van der Waals surface area contributed by atoms with Gasteiger partial charge in [-0.1, -0.05) is 19.9 Å². The fraction of sp³-hybridized carbons (Fsp3) is 0.263. The van der Waals surface area contributed by atoms with E-state index in [9.17, 15) is 4.39 Å². The first-order valence-corrected chi connectivity index (χ1v) is 7.52. The third-order valence-electron chi connectivity index (χ3n) is 4.11. The lowest BCUT2D eigenvalue weighted by atomic mass is 9.97. The van der Waals surface area contributed by atoms with E-state index in [-0.39, 0.29) is 5.82 Å². The van der Waals surface area contributed by atoms with Gasteiger partial charge in [0.05, 0.1) is 12.4 Å². The van der Waals surface area contributed by atoms with E-state index in [1.165, 1.54) is 11.6 Å². The summed E-state index contributed by atoms with van der Waals surface area (Å²) in [7, 11) is 1.98. The average Bonchev–Trinajstić information content (AvgIpc) is 2.47. The summed E-state index contributed by atoms with van der Waals surface area (Å²) in [5.74, 6) is 0.252. The fourth-order valence-corrected chi connectivity index (χ4v) is 2.84. The molecule has 0 bridgehead atoms. The van der Waals surface area contributed by atoms with Crippen molar-refractivity contribution in [3.05, 3.63) is 59.7 Å². The summed E-state index contributed by atoms with van der Waals surface area (Å²) in [6.45, 7) is 6.30. The first kappa shape index (κ1) is 14.6. The third kappa shape index (κ3) is 2.47. The Hall–Kier alpha value is -2.29. The summed E-state index contributed by atoms with van der Waals surface area (Å²) in [5.41, 5.74) is 5.28. The number of benzene rings is 2. The Bertz CT molecular complexity index is 853. The van der Waals surface area contributed by atoms with Gasteiger partial charge in [0.2, 0.25) is 0 Å². The average molecular weight is 295 g/mol. The van der Waals surface area contributed by atoms with Crippen LogP contribution in [0.4, 0.5) is 4.39 Å². The molecule has 0 saturated carbocycles. The number of hydrogen-bond donors (Lipinski definition) is 0. The molecule has 0 aliphatic carbocycles. The highest BCUT2D eigenvalue weighted by Crippen LogP contribution is 2.29. The summed E-state index contributed by atoms with van der Waals surface area (Å²) in [6, 6.07) is 11.3. The molecule has 1 heterocycles. The van der Waals surface area contributed by atoms with Crippen molar-refractivity contribution < 1.29 is 8.96 Å². The Morgan fingerprint density at radius 1 is 1.09 bits per heavy atom. The van der Waals surface area contributed by atoms with Crippen molar-refractivity contribution in [2.24, 2.45) is 7.05 Å². The van der Waals surface area contributed by atoms with E-state index in [2.05, 4.69) is 37.0 Å². The lowest BCUT2D eigenvalue weighted by Gasteiger charge is -2.11. The van der Waals surface area contributed by atoms with Crippen LogP contribution in [0.2, 0.25) is 0 Å². The quantitative estimate of drug-likeness (QED) is 0.644. The summed E-state index contributed by atoms with van der Waals surface area (Å²) >= 11 is 0. The first-order chi connectivity index (χ1) is 10.5. The van der Waals surface area contributed by atoms with E-state index >= 15 is 0 Å². The van der Waals surface area contributed by atoms with E-state index in [4.69, 9.17) is 0 Å². The van der Waals surface area contributed by atoms with Gasteiger partial charge < -0.3 is 0 Å². The minimum atomic E-state index is -0.204. The Kier molecular flexibility index (Phi) is 3.65. The van der Waals surface area contributed by atoms with Gasteiger partial charge in [0.1, 0.15) is 11.5 Å². The van der Waals surface area contributed by atoms with Gasteiger partial charge in [0, 0.05) is 5.56 Å². The molecule has 0 aliphatic rings. The van der Waals surface area contributed by atoms with Gasteiger partial charge in [0.15, 0.2) is 5.52 Å². The third-order valence-corrected chi connectivity index (χ3v) is 4.11. The van der Waals surface area contributed by atoms with Crippen LogP contribution in [0, 0.1) is 12.7 Å². The Labute approximate surface area is 130 Å². The maximum absolute atomic E-state index is 13.4. The highest BCUT2D eigenvalue weighted by atomic mass is 19.1. The van der Waals surface area contributed by atoms with Gasteiger partial charge in [-0.05, 0) is 59.3 Å². The Balaban J connectivity index is 2.35. The second-order valence-electron chi connectivity index (χ2n) is 6.09. The number of rotatable bonds is 2. The number of aromatic nitrogens is 2. The van der Waals surface area contributed by atoms with E-state index < -0.39 is 0 Å². The molecular formula is C19H20FN2+. The normalized spacial score (nSPS) is 11.4. The largest absolute Gasteiger partial charge is 0.287 e. The molecule has 22 heavy (non-hydrogen) atoms. The van der Waals surface area contributed by atoms with Gasteiger partial charge >= 0.3 is 0 Å². The second-order valence-corrected chi connectivity index (χ2v) is 6.09. The summed E-state index contributed by atoms with van der Waals surface area (Å²) < 4.78 is 15.4. The molecule has 0 atom stereocenters. The zero-order valence-electron chi connectivity index (χ0n) is 13.4. The number of halogens is 1. The van der Waals surface area contributed by atoms with Gasteiger partial charge in [-0.2, -0.15) is 0 Å². The minimum Gasteiger partial charge on any atom is -0.232 e. The van der Waals surface area contributed by atoms with Gasteiger partial charge in [-0.3, -0.25) is 0 Å². The molecule has 0 spiro atoms. The van der Waals surface area contributed by atoms with Crippen molar-refractivity contribution in [3.63, 3.8) is 0 Å². The molecule has 0 fully saturated rings. The predicted molar refractivity (Wildman–Crippen MR) is 87.1 cm³/mol. The van der Waals surface area contributed by atoms with Crippen molar-refractivity contribution in [2.45, 2.75) is 26.7 Å². The molecule has 2 nitrogen and oxygen atoms in total. The van der Waals surface area contributed by atoms with E-state index in [0.29, 0.717) is 5.92 Å². The molecule has 2 aromatic carbocycles. The topological polar surface area (TPSA) is 16.8 Å². The van der Waals surface area contributed by atoms with E-state index in [1.54, 1.807) is 6.07 Å². The maximum atomic E-state index is 13.4. The van der Waals surface area contributed by atoms with Crippen molar-refractivity contribution in [1.29, 1.82) is 0 Å². The smallest absolute Gasteiger partial charge is 0.232 e. The van der Waals surface area contributed by atoms with Gasteiger partial charge in [-0.25, -0.2) is 8.96 Å². The van der Waals surface area contributed by atoms with Crippen molar-refractivity contribution >= 4 is 10.9 Å². The molecule has 0 N–H and O–H groups in total. The standard InChI is InChI=1S/C19H20FN2/c1-12(2)14-5-8-18-17(10-14)19(22(4)11-21-18)16-7-6-15(20)9-13(16)3/h5-12H,1-4H3/q+1. The zero-order valence-corrected chi connectivity index (χ0v) is 13.4. The molecule has 3 heteroatoms. The molecule has 3 aromatic rings. The van der Waals surface area contributed by atoms with Crippen LogP contribution in [0.25, 0.3) is 22.2 Å². The second kappa shape index (κ2) is 5.48. The molecule has 1 aromatic heterocycles. The van der Waals surface area contributed by atoms with E-state index in [0.717, 1.165) is 27.7 Å². The molecule has 0 radical (unpaired) electrons. The SMILES string of the molecule is Cc1cc(F)ccc1-c1c2cc(C(C)C)ccc2nc[n+]1C. The van der Waals surface area contributed by atoms with Crippen LogP contribution in [0.15, 0.2) is 42.7 Å². The fourth-order valence-electron chi connectivity index (χ4n) is 2.84. The molecule has 0 saturated heterocycles. The van der Waals surface area contributed by atoms with Crippen LogP contribution in [0.5, 0.6) is 0 Å². The van der Waals surface area contributed by atoms with Crippen molar-refractivity contribution in [1.82, 2.24) is 4.98 Å². The minimum absolute atomic E-state index is 0.204. The first-order valence-electron chi connectivity index (χ1n) is 7.52. The zero-order chi connectivity index (χ0) is 15.9. The molecule has 0 amide bonds. The lowest BCUT2D eigenvalue weighted by Crippen LogP contribution is -2.31. The van der Waals surface area contributed by atoms with Crippen LogP contribution < -0.4 is 4.57 Å². The van der Waals surface area contributed by atoms with Crippen molar-refractivity contribution in [3.8, 4) is 11.3 Å². The highest BCUT2D eigenvalue weighted by Gasteiger charge is 2.17. The molecule has 3 rings (SSSR count). The summed E-state index contributed by atoms with van der Waals surface area (Å²) in [4.78, 5) is 4.50. The van der Waals surface area contributed by atoms with Crippen LogP contribution in [0.3, 0.4) is 0 Å². The molecule has 112 valence electrons. The highest BCUT2D eigenvalue weighted by molar-refractivity contribution is 5.91. The molecular weight excluding hydrogens is 275 g/mol. The maximum Gasteiger partial charge on any atom is 0.287 e. The summed E-state index contributed by atoms with van der Waals surface area (Å²) in [6.07, 6.45) is 1.81. The van der Waals surface area contributed by atoms with Crippen LogP contribution >= 0.6 is 0 Å². The van der Waals surface area contributed by atoms with Gasteiger partial charge in [0.25, 0.3) is 6.33 Å². The number of hydrogen-bond acceptors (Lipinski definition) is 1. The molecule has 0 unspecified atom stereocenters. The Morgan fingerprint density at radius 3 is 2.55 bits per heavy atom. The predicted octanol–water partition coefficient (Wildman–Crippen LogP) is 4.30. The number of nitrogens with zero attached hydrogens (tertiary/aromatic N) is 2. The number of fused-ring (bicyclic) bond motifs is 1. The van der Waals surface area contributed by atoms with Crippen molar-refractivity contribution in [2.75, 3.05) is 0 Å². The number of aryl methyl sites for hydroxylation is 2. The lowest BCUT2D eigenvalue weighted by molar-refractivity contribution is -0.662.